The Morgan fingerprint density at radius 3 is 1.94 bits per heavy atom. The first-order chi connectivity index (χ1) is 7.13. The molecule has 0 spiro atoms. The first kappa shape index (κ1) is 11.6. The molecule has 2 rings (SSSR count). The Balaban J connectivity index is 2.30. The number of imide groups is 1. The molecule has 3 atom stereocenters. The van der Waals surface area contributed by atoms with Crippen LogP contribution in [0.25, 0.3) is 0 Å². The van der Waals surface area contributed by atoms with Crippen molar-refractivity contribution < 1.29 is 14.7 Å². The average Bonchev–Trinajstić information content (AvgIpc) is 2.54. The lowest BCUT2D eigenvalue weighted by molar-refractivity contribution is -0.153. The molecule has 1 N–H and O–H groups in total. The highest BCUT2D eigenvalue weighted by Crippen LogP contribution is 2.64. The fourth-order valence-corrected chi connectivity index (χ4v) is 2.70. The van der Waals surface area contributed by atoms with Gasteiger partial charge in [0.2, 0.25) is 11.8 Å². The number of aliphatic hydroxyl groups excluding tert-OH is 1. The lowest BCUT2D eigenvalue weighted by atomic mass is 9.94. The molecule has 90 valence electrons. The van der Waals surface area contributed by atoms with Gasteiger partial charge in [-0.1, -0.05) is 13.8 Å². The zero-order chi connectivity index (χ0) is 12.5. The summed E-state index contributed by atoms with van der Waals surface area (Å²) in [4.78, 5) is 25.5. The van der Waals surface area contributed by atoms with Crippen LogP contribution in [-0.4, -0.2) is 33.5 Å². The fourth-order valence-electron chi connectivity index (χ4n) is 2.70. The van der Waals surface area contributed by atoms with Crippen LogP contribution in [0.2, 0.25) is 0 Å². The number of hydrogen-bond acceptors (Lipinski definition) is 3. The predicted molar refractivity (Wildman–Crippen MR) is 58.4 cm³/mol. The summed E-state index contributed by atoms with van der Waals surface area (Å²) in [6.45, 7) is 8.96. The van der Waals surface area contributed by atoms with Gasteiger partial charge in [-0.2, -0.15) is 0 Å². The Bertz CT molecular complexity index is 346. The van der Waals surface area contributed by atoms with Crippen LogP contribution in [0.15, 0.2) is 0 Å². The van der Waals surface area contributed by atoms with E-state index in [0.29, 0.717) is 0 Å². The molecule has 4 heteroatoms. The van der Waals surface area contributed by atoms with E-state index in [1.165, 1.54) is 4.90 Å². The van der Waals surface area contributed by atoms with Crippen LogP contribution in [0.5, 0.6) is 0 Å². The molecule has 2 aliphatic rings. The third-order valence-corrected chi connectivity index (χ3v) is 4.40. The standard InChI is InChI=1S/C12H19NO3/c1-6(14)12(4,5)13-9(15)7-8(10(13)16)11(7,2)3/h6-8,14H,1-5H3. The van der Waals surface area contributed by atoms with Gasteiger partial charge in [0.25, 0.3) is 0 Å². The van der Waals surface area contributed by atoms with Gasteiger partial charge in [0.15, 0.2) is 0 Å². The maximum atomic E-state index is 12.1. The lowest BCUT2D eigenvalue weighted by Crippen LogP contribution is -2.56. The zero-order valence-electron chi connectivity index (χ0n) is 10.4. The van der Waals surface area contributed by atoms with Crippen LogP contribution in [-0.2, 0) is 9.59 Å². The molecule has 2 amide bonds. The van der Waals surface area contributed by atoms with E-state index in [4.69, 9.17) is 0 Å². The van der Waals surface area contributed by atoms with Gasteiger partial charge < -0.3 is 5.11 Å². The molecular weight excluding hydrogens is 206 g/mol. The van der Waals surface area contributed by atoms with Crippen molar-refractivity contribution in [2.24, 2.45) is 17.3 Å². The summed E-state index contributed by atoms with van der Waals surface area (Å²) in [6.07, 6.45) is -0.721. The van der Waals surface area contributed by atoms with E-state index in [0.717, 1.165) is 0 Å². The number of carbonyl (C=O) groups is 2. The number of likely N-dealkylation sites (tertiary alicyclic amines) is 1. The SMILES string of the molecule is CC(O)C(C)(C)N1C(=O)C2C(C1=O)C2(C)C. The van der Waals surface area contributed by atoms with Crippen molar-refractivity contribution in [2.45, 2.75) is 46.3 Å². The summed E-state index contributed by atoms with van der Waals surface area (Å²) < 4.78 is 0. The Morgan fingerprint density at radius 2 is 1.62 bits per heavy atom. The smallest absolute Gasteiger partial charge is 0.234 e. The normalized spacial score (nSPS) is 34.0. The molecule has 1 aliphatic carbocycles. The van der Waals surface area contributed by atoms with Crippen LogP contribution in [0.3, 0.4) is 0 Å². The van der Waals surface area contributed by atoms with Crippen LogP contribution < -0.4 is 0 Å². The molecule has 1 saturated heterocycles. The summed E-state index contributed by atoms with van der Waals surface area (Å²) in [5.74, 6) is -0.576. The maximum absolute atomic E-state index is 12.1. The first-order valence-corrected chi connectivity index (χ1v) is 5.69. The van der Waals surface area contributed by atoms with E-state index in [1.54, 1.807) is 20.8 Å². The van der Waals surface area contributed by atoms with Gasteiger partial charge in [-0.15, -0.1) is 0 Å². The van der Waals surface area contributed by atoms with Crippen LogP contribution in [0.4, 0.5) is 0 Å². The van der Waals surface area contributed by atoms with Crippen molar-refractivity contribution in [3.8, 4) is 0 Å². The molecule has 0 radical (unpaired) electrons. The van der Waals surface area contributed by atoms with E-state index < -0.39 is 11.6 Å². The van der Waals surface area contributed by atoms with E-state index in [9.17, 15) is 14.7 Å². The Kier molecular flexibility index (Phi) is 2.07. The van der Waals surface area contributed by atoms with Crippen molar-refractivity contribution in [1.82, 2.24) is 4.90 Å². The molecule has 3 unspecified atom stereocenters. The Morgan fingerprint density at radius 1 is 1.25 bits per heavy atom. The Labute approximate surface area is 95.6 Å². The molecule has 1 aliphatic heterocycles. The van der Waals surface area contributed by atoms with Gasteiger partial charge in [-0.25, -0.2) is 0 Å². The molecule has 0 aromatic carbocycles. The first-order valence-electron chi connectivity index (χ1n) is 5.69. The van der Waals surface area contributed by atoms with E-state index >= 15 is 0 Å². The molecule has 1 saturated carbocycles. The van der Waals surface area contributed by atoms with Crippen molar-refractivity contribution in [3.63, 3.8) is 0 Å². The van der Waals surface area contributed by atoms with Gasteiger partial charge in [-0.05, 0) is 26.2 Å². The number of nitrogens with zero attached hydrogens (tertiary/aromatic N) is 1. The largest absolute Gasteiger partial charge is 0.391 e. The third kappa shape index (κ3) is 1.14. The third-order valence-electron chi connectivity index (χ3n) is 4.40. The molecule has 4 nitrogen and oxygen atoms in total. The predicted octanol–water partition coefficient (Wildman–Crippen LogP) is 0.787. The van der Waals surface area contributed by atoms with Gasteiger partial charge in [0.1, 0.15) is 0 Å². The number of rotatable bonds is 2. The van der Waals surface area contributed by atoms with Crippen molar-refractivity contribution in [3.05, 3.63) is 0 Å². The van der Waals surface area contributed by atoms with Gasteiger partial charge in [0.05, 0.1) is 23.5 Å². The molecule has 0 bridgehead atoms. The maximum Gasteiger partial charge on any atom is 0.234 e. The fraction of sp³-hybridized carbons (Fsp3) is 0.833. The highest BCUT2D eigenvalue weighted by molar-refractivity contribution is 6.11. The second-order valence-corrected chi connectivity index (χ2v) is 6.12. The molecule has 0 aromatic heterocycles. The summed E-state index contributed by atoms with van der Waals surface area (Å²) in [7, 11) is 0. The Hall–Kier alpha value is -0.900. The monoisotopic (exact) mass is 225 g/mol. The highest BCUT2D eigenvalue weighted by Gasteiger charge is 2.74. The van der Waals surface area contributed by atoms with Crippen molar-refractivity contribution in [1.29, 1.82) is 0 Å². The number of hydrogen-bond donors (Lipinski definition) is 1. The highest BCUT2D eigenvalue weighted by atomic mass is 16.3. The topological polar surface area (TPSA) is 57.6 Å². The van der Waals surface area contributed by atoms with E-state index in [2.05, 4.69) is 0 Å². The molecule has 2 fully saturated rings. The van der Waals surface area contributed by atoms with E-state index in [-0.39, 0.29) is 29.1 Å². The second-order valence-electron chi connectivity index (χ2n) is 6.12. The van der Waals surface area contributed by atoms with Crippen molar-refractivity contribution in [2.75, 3.05) is 0 Å². The van der Waals surface area contributed by atoms with Crippen LogP contribution in [0, 0.1) is 17.3 Å². The number of piperidine rings is 1. The van der Waals surface area contributed by atoms with Crippen LogP contribution >= 0.6 is 0 Å². The number of fused-ring (bicyclic) bond motifs is 1. The van der Waals surface area contributed by atoms with Crippen molar-refractivity contribution >= 4 is 11.8 Å². The lowest BCUT2D eigenvalue weighted by Gasteiger charge is -2.38. The summed E-state index contributed by atoms with van der Waals surface area (Å²) in [5.41, 5.74) is -0.989. The minimum Gasteiger partial charge on any atom is -0.391 e. The van der Waals surface area contributed by atoms with Gasteiger partial charge in [0, 0.05) is 0 Å². The van der Waals surface area contributed by atoms with Crippen LogP contribution in [0.1, 0.15) is 34.6 Å². The minimum absolute atomic E-state index is 0.120. The number of carbonyl (C=O) groups excluding carboxylic acids is 2. The number of aliphatic hydroxyl groups is 1. The summed E-state index contributed by atoms with van der Waals surface area (Å²) in [6, 6.07) is 0. The number of amides is 2. The van der Waals surface area contributed by atoms with Gasteiger partial charge >= 0.3 is 0 Å². The second kappa shape index (κ2) is 2.86. The summed E-state index contributed by atoms with van der Waals surface area (Å²) >= 11 is 0. The van der Waals surface area contributed by atoms with Gasteiger partial charge in [-0.3, -0.25) is 14.5 Å². The van der Waals surface area contributed by atoms with E-state index in [1.807, 2.05) is 13.8 Å². The molecular formula is C12H19NO3. The molecule has 1 heterocycles. The zero-order valence-corrected chi connectivity index (χ0v) is 10.4. The molecule has 16 heavy (non-hydrogen) atoms. The summed E-state index contributed by atoms with van der Waals surface area (Å²) in [5, 5.41) is 9.66. The minimum atomic E-state index is -0.808. The average molecular weight is 225 g/mol. The molecule has 0 aromatic rings. The quantitative estimate of drug-likeness (QED) is 0.707.